The number of rotatable bonds is 5. The highest BCUT2D eigenvalue weighted by Gasteiger charge is 2.12. The van der Waals surface area contributed by atoms with E-state index in [1.807, 2.05) is 42.5 Å². The normalized spacial score (nSPS) is 10.7. The predicted molar refractivity (Wildman–Crippen MR) is 105 cm³/mol. The lowest BCUT2D eigenvalue weighted by Gasteiger charge is -2.01. The number of carbonyl (C=O) groups is 1. The van der Waals surface area contributed by atoms with Crippen molar-refractivity contribution in [3.63, 3.8) is 0 Å². The molecule has 0 saturated carbocycles. The average Bonchev–Trinajstić information content (AvgIpc) is 3.33. The van der Waals surface area contributed by atoms with Crippen LogP contribution in [-0.4, -0.2) is 25.9 Å². The molecule has 0 unspecified atom stereocenters. The Morgan fingerprint density at radius 3 is 2.67 bits per heavy atom. The van der Waals surface area contributed by atoms with E-state index in [1.54, 1.807) is 35.3 Å². The molecule has 134 valence electrons. The van der Waals surface area contributed by atoms with Crippen LogP contribution >= 0.6 is 11.6 Å². The lowest BCUT2D eigenvalue weighted by Crippen LogP contribution is -2.11. The first-order valence-corrected chi connectivity index (χ1v) is 8.74. The lowest BCUT2D eigenvalue weighted by molar-refractivity contribution is 0.102. The third kappa shape index (κ3) is 4.07. The molecule has 4 rings (SSSR count). The summed E-state index contributed by atoms with van der Waals surface area (Å²) in [6, 6.07) is 19.0. The molecule has 0 saturated heterocycles. The van der Waals surface area contributed by atoms with Crippen LogP contribution in [0.25, 0.3) is 11.3 Å². The van der Waals surface area contributed by atoms with Crippen molar-refractivity contribution in [3.8, 4) is 11.3 Å². The molecule has 7 heteroatoms. The number of H-pyrrole nitrogens is 1. The number of benzene rings is 2. The van der Waals surface area contributed by atoms with Crippen LogP contribution in [0.4, 0.5) is 5.69 Å². The molecule has 1 amide bonds. The Bertz CT molecular complexity index is 1050. The van der Waals surface area contributed by atoms with Crippen molar-refractivity contribution in [2.45, 2.75) is 6.54 Å². The maximum absolute atomic E-state index is 12.4. The highest BCUT2D eigenvalue weighted by Crippen LogP contribution is 2.20. The smallest absolute Gasteiger partial charge is 0.273 e. The van der Waals surface area contributed by atoms with Crippen LogP contribution in [0.15, 0.2) is 73.1 Å². The van der Waals surface area contributed by atoms with E-state index in [9.17, 15) is 4.79 Å². The van der Waals surface area contributed by atoms with Gasteiger partial charge in [-0.2, -0.15) is 10.2 Å². The van der Waals surface area contributed by atoms with Gasteiger partial charge in [0.25, 0.3) is 5.91 Å². The largest absolute Gasteiger partial charge is 0.318 e. The molecular weight excluding hydrogens is 362 g/mol. The van der Waals surface area contributed by atoms with Gasteiger partial charge in [0.15, 0.2) is 0 Å². The van der Waals surface area contributed by atoms with Gasteiger partial charge in [0.2, 0.25) is 0 Å². The minimum atomic E-state index is -0.276. The van der Waals surface area contributed by atoms with Crippen LogP contribution in [0, 0.1) is 0 Å². The van der Waals surface area contributed by atoms with Crippen LogP contribution in [0.2, 0.25) is 5.02 Å². The summed E-state index contributed by atoms with van der Waals surface area (Å²) in [6.45, 7) is 0.640. The van der Waals surface area contributed by atoms with Crippen LogP contribution in [0.3, 0.4) is 0 Å². The fourth-order valence-electron chi connectivity index (χ4n) is 2.69. The molecule has 0 bridgehead atoms. The number of nitrogens with one attached hydrogen (secondary N) is 2. The Hall–Kier alpha value is -3.38. The first-order valence-electron chi connectivity index (χ1n) is 8.36. The van der Waals surface area contributed by atoms with Crippen LogP contribution in [-0.2, 0) is 6.54 Å². The molecule has 0 spiro atoms. The van der Waals surface area contributed by atoms with Gasteiger partial charge in [-0.05, 0) is 23.8 Å². The van der Waals surface area contributed by atoms with E-state index in [0.717, 1.165) is 11.1 Å². The van der Waals surface area contributed by atoms with Crippen molar-refractivity contribution in [1.82, 2.24) is 20.0 Å². The van der Waals surface area contributed by atoms with Gasteiger partial charge >= 0.3 is 0 Å². The van der Waals surface area contributed by atoms with Gasteiger partial charge in [0, 0.05) is 16.8 Å². The van der Waals surface area contributed by atoms with Crippen LogP contribution < -0.4 is 5.32 Å². The summed E-state index contributed by atoms with van der Waals surface area (Å²) in [6.07, 6.45) is 3.42. The predicted octanol–water partition coefficient (Wildman–Crippen LogP) is 4.23. The second-order valence-electron chi connectivity index (χ2n) is 6.04. The van der Waals surface area contributed by atoms with E-state index in [4.69, 9.17) is 11.6 Å². The van der Waals surface area contributed by atoms with Gasteiger partial charge < -0.3 is 5.32 Å². The van der Waals surface area contributed by atoms with E-state index < -0.39 is 0 Å². The summed E-state index contributed by atoms with van der Waals surface area (Å²) in [5, 5.41) is 14.7. The first kappa shape index (κ1) is 17.1. The van der Waals surface area contributed by atoms with Crippen molar-refractivity contribution >= 4 is 23.2 Å². The van der Waals surface area contributed by atoms with Gasteiger partial charge in [-0.1, -0.05) is 54.1 Å². The zero-order valence-electron chi connectivity index (χ0n) is 14.3. The number of aromatic amines is 1. The highest BCUT2D eigenvalue weighted by atomic mass is 35.5. The summed E-state index contributed by atoms with van der Waals surface area (Å²) in [4.78, 5) is 12.4. The molecule has 0 aliphatic heterocycles. The zero-order chi connectivity index (χ0) is 18.6. The second kappa shape index (κ2) is 7.47. The maximum Gasteiger partial charge on any atom is 0.273 e. The lowest BCUT2D eigenvalue weighted by atomic mass is 10.1. The van der Waals surface area contributed by atoms with Gasteiger partial charge in [0.1, 0.15) is 5.69 Å². The third-order valence-electron chi connectivity index (χ3n) is 4.04. The van der Waals surface area contributed by atoms with E-state index in [2.05, 4.69) is 20.6 Å². The fourth-order valence-corrected chi connectivity index (χ4v) is 2.82. The molecule has 0 aliphatic rings. The Morgan fingerprint density at radius 2 is 1.89 bits per heavy atom. The number of hydrogen-bond acceptors (Lipinski definition) is 3. The molecule has 0 radical (unpaired) electrons. The molecule has 0 fully saturated rings. The Kier molecular flexibility index (Phi) is 4.72. The molecule has 2 aromatic carbocycles. The molecule has 6 nitrogen and oxygen atoms in total. The van der Waals surface area contributed by atoms with Gasteiger partial charge in [-0.25, -0.2) is 0 Å². The SMILES string of the molecule is O=C(Nc1cnn(Cc2ccccc2)c1)c1cc(-c2ccc(Cl)cc2)n[nH]1. The number of anilines is 1. The molecule has 2 heterocycles. The maximum atomic E-state index is 12.4. The molecular formula is C20H16ClN5O. The van der Waals surface area contributed by atoms with Crippen molar-refractivity contribution in [2.24, 2.45) is 0 Å². The van der Waals surface area contributed by atoms with E-state index in [0.29, 0.717) is 28.6 Å². The van der Waals surface area contributed by atoms with Crippen molar-refractivity contribution in [2.75, 3.05) is 5.32 Å². The Morgan fingerprint density at radius 1 is 1.11 bits per heavy atom. The summed E-state index contributed by atoms with van der Waals surface area (Å²) in [5.41, 5.74) is 3.69. The van der Waals surface area contributed by atoms with Crippen LogP contribution in [0.5, 0.6) is 0 Å². The first-order chi connectivity index (χ1) is 13.2. The van der Waals surface area contributed by atoms with E-state index in [1.165, 1.54) is 0 Å². The number of amides is 1. The Labute approximate surface area is 160 Å². The van der Waals surface area contributed by atoms with Gasteiger partial charge in [-0.15, -0.1) is 0 Å². The molecule has 27 heavy (non-hydrogen) atoms. The average molecular weight is 378 g/mol. The summed E-state index contributed by atoms with van der Waals surface area (Å²) < 4.78 is 1.77. The molecule has 0 atom stereocenters. The number of aromatic nitrogens is 4. The fraction of sp³-hybridized carbons (Fsp3) is 0.0500. The molecule has 2 N–H and O–H groups in total. The Balaban J connectivity index is 1.43. The summed E-state index contributed by atoms with van der Waals surface area (Å²) >= 11 is 5.90. The van der Waals surface area contributed by atoms with Crippen molar-refractivity contribution < 1.29 is 4.79 Å². The van der Waals surface area contributed by atoms with E-state index >= 15 is 0 Å². The minimum absolute atomic E-state index is 0.276. The van der Waals surface area contributed by atoms with Crippen molar-refractivity contribution in [1.29, 1.82) is 0 Å². The summed E-state index contributed by atoms with van der Waals surface area (Å²) in [5.74, 6) is -0.276. The number of carbonyl (C=O) groups excluding carboxylic acids is 1. The number of nitrogens with zero attached hydrogens (tertiary/aromatic N) is 3. The quantitative estimate of drug-likeness (QED) is 0.546. The highest BCUT2D eigenvalue weighted by molar-refractivity contribution is 6.30. The topological polar surface area (TPSA) is 75.6 Å². The molecule has 0 aliphatic carbocycles. The number of hydrogen-bond donors (Lipinski definition) is 2. The van der Waals surface area contributed by atoms with E-state index in [-0.39, 0.29) is 5.91 Å². The van der Waals surface area contributed by atoms with Gasteiger partial charge in [0.05, 0.1) is 24.1 Å². The van der Waals surface area contributed by atoms with Gasteiger partial charge in [-0.3, -0.25) is 14.6 Å². The monoisotopic (exact) mass is 377 g/mol. The second-order valence-corrected chi connectivity index (χ2v) is 6.48. The van der Waals surface area contributed by atoms with Crippen molar-refractivity contribution in [3.05, 3.63) is 89.3 Å². The number of halogens is 1. The molecule has 2 aromatic heterocycles. The minimum Gasteiger partial charge on any atom is -0.318 e. The third-order valence-corrected chi connectivity index (χ3v) is 4.29. The summed E-state index contributed by atoms with van der Waals surface area (Å²) in [7, 11) is 0. The standard InChI is InChI=1S/C20H16ClN5O/c21-16-8-6-15(7-9-16)18-10-19(25-24-18)20(27)23-17-11-22-26(13-17)12-14-4-2-1-3-5-14/h1-11,13H,12H2,(H,23,27)(H,24,25). The van der Waals surface area contributed by atoms with Crippen LogP contribution in [0.1, 0.15) is 16.1 Å². The zero-order valence-corrected chi connectivity index (χ0v) is 15.0. The molecule has 4 aromatic rings.